The van der Waals surface area contributed by atoms with E-state index in [1.165, 1.54) is 0 Å². The van der Waals surface area contributed by atoms with Crippen LogP contribution < -0.4 is 11.2 Å². The Hall–Kier alpha value is -2.63. The molecule has 0 amide bonds. The van der Waals surface area contributed by atoms with Crippen LogP contribution in [0.25, 0.3) is 22.6 Å². The molecule has 0 spiro atoms. The van der Waals surface area contributed by atoms with E-state index in [1.807, 2.05) is 31.2 Å². The number of hydrogen-bond donors (Lipinski definition) is 3. The molecule has 0 atom stereocenters. The van der Waals surface area contributed by atoms with Crippen LogP contribution in [0.5, 0.6) is 0 Å². The lowest BCUT2D eigenvalue weighted by atomic mass is 10.1. The fourth-order valence-corrected chi connectivity index (χ4v) is 1.86. The molecule has 1 aromatic carbocycles. The summed E-state index contributed by atoms with van der Waals surface area (Å²) in [6.45, 7) is 1.97. The van der Waals surface area contributed by atoms with E-state index in [-0.39, 0.29) is 11.2 Å². The smallest absolute Gasteiger partial charge is 0.327 e. The summed E-state index contributed by atoms with van der Waals surface area (Å²) in [5.41, 5.74) is 1.46. The zero-order chi connectivity index (χ0) is 12.7. The van der Waals surface area contributed by atoms with Crippen molar-refractivity contribution in [1.29, 1.82) is 0 Å². The minimum absolute atomic E-state index is 0.264. The van der Waals surface area contributed by atoms with Gasteiger partial charge in [0.05, 0.1) is 0 Å². The van der Waals surface area contributed by atoms with Crippen molar-refractivity contribution in [3.8, 4) is 11.4 Å². The quantitative estimate of drug-likeness (QED) is 0.592. The summed E-state index contributed by atoms with van der Waals surface area (Å²) < 4.78 is 0. The van der Waals surface area contributed by atoms with Crippen LogP contribution in [0.2, 0.25) is 0 Å². The van der Waals surface area contributed by atoms with Gasteiger partial charge in [0, 0.05) is 5.56 Å². The zero-order valence-corrected chi connectivity index (χ0v) is 9.57. The van der Waals surface area contributed by atoms with Gasteiger partial charge < -0.3 is 4.98 Å². The Morgan fingerprint density at radius 1 is 1.11 bits per heavy atom. The minimum atomic E-state index is -0.560. The fraction of sp³-hybridized carbons (Fsp3) is 0.0833. The molecular weight excluding hydrogens is 232 g/mol. The van der Waals surface area contributed by atoms with E-state index in [1.54, 1.807) is 0 Å². The molecule has 18 heavy (non-hydrogen) atoms. The number of nitrogens with zero attached hydrogens (tertiary/aromatic N) is 1. The number of H-pyrrole nitrogens is 3. The van der Waals surface area contributed by atoms with Gasteiger partial charge in [0.2, 0.25) is 0 Å². The van der Waals surface area contributed by atoms with E-state index in [2.05, 4.69) is 19.9 Å². The molecule has 0 bridgehead atoms. The third-order valence-electron chi connectivity index (χ3n) is 2.68. The summed E-state index contributed by atoms with van der Waals surface area (Å²) in [6, 6.07) is 7.71. The summed E-state index contributed by atoms with van der Waals surface area (Å²) in [5, 5.41) is 0. The Bertz CT molecular complexity index is 841. The fourth-order valence-electron chi connectivity index (χ4n) is 1.86. The first-order valence-corrected chi connectivity index (χ1v) is 5.43. The molecule has 3 aromatic rings. The largest absolute Gasteiger partial charge is 0.332 e. The maximum absolute atomic E-state index is 11.6. The number of aromatic amines is 3. The predicted octanol–water partition coefficient (Wildman–Crippen LogP) is 0.915. The summed E-state index contributed by atoms with van der Waals surface area (Å²) in [7, 11) is 0. The normalized spacial score (nSPS) is 10.9. The predicted molar refractivity (Wildman–Crippen MR) is 67.5 cm³/mol. The second-order valence-electron chi connectivity index (χ2n) is 4.09. The Morgan fingerprint density at radius 2 is 1.94 bits per heavy atom. The molecule has 90 valence electrons. The molecule has 0 saturated heterocycles. The maximum Gasteiger partial charge on any atom is 0.327 e. The van der Waals surface area contributed by atoms with Gasteiger partial charge in [0.25, 0.3) is 5.56 Å². The van der Waals surface area contributed by atoms with Gasteiger partial charge >= 0.3 is 5.69 Å². The second-order valence-corrected chi connectivity index (χ2v) is 4.09. The maximum atomic E-state index is 11.6. The average Bonchev–Trinajstić information content (AvgIpc) is 2.73. The number of benzene rings is 1. The van der Waals surface area contributed by atoms with Crippen LogP contribution in [0, 0.1) is 6.92 Å². The number of fused-ring (bicyclic) bond motifs is 1. The van der Waals surface area contributed by atoms with E-state index >= 15 is 0 Å². The second kappa shape index (κ2) is 3.69. The van der Waals surface area contributed by atoms with Gasteiger partial charge in [0.1, 0.15) is 11.3 Å². The van der Waals surface area contributed by atoms with Crippen molar-refractivity contribution in [3.63, 3.8) is 0 Å². The van der Waals surface area contributed by atoms with Crippen molar-refractivity contribution in [2.24, 2.45) is 0 Å². The zero-order valence-electron chi connectivity index (χ0n) is 9.57. The Balaban J connectivity index is 2.29. The lowest BCUT2D eigenvalue weighted by Crippen LogP contribution is -2.21. The van der Waals surface area contributed by atoms with Crippen LogP contribution in [0.15, 0.2) is 33.9 Å². The minimum Gasteiger partial charge on any atom is -0.332 e. The number of rotatable bonds is 1. The highest BCUT2D eigenvalue weighted by Gasteiger charge is 2.08. The molecule has 3 N–H and O–H groups in total. The highest BCUT2D eigenvalue weighted by Crippen LogP contribution is 2.18. The van der Waals surface area contributed by atoms with Crippen LogP contribution in [-0.2, 0) is 0 Å². The lowest BCUT2D eigenvalue weighted by Gasteiger charge is -1.97. The van der Waals surface area contributed by atoms with Crippen LogP contribution in [-0.4, -0.2) is 19.9 Å². The van der Waals surface area contributed by atoms with Crippen LogP contribution >= 0.6 is 0 Å². The topological polar surface area (TPSA) is 94.4 Å². The van der Waals surface area contributed by atoms with Gasteiger partial charge in [-0.1, -0.05) is 23.8 Å². The average molecular weight is 242 g/mol. The summed E-state index contributed by atoms with van der Waals surface area (Å²) in [5.74, 6) is 0.557. The number of imidazole rings is 1. The van der Waals surface area contributed by atoms with Gasteiger partial charge in [-0.05, 0) is 13.0 Å². The van der Waals surface area contributed by atoms with Crippen molar-refractivity contribution in [3.05, 3.63) is 50.7 Å². The first-order valence-electron chi connectivity index (χ1n) is 5.43. The monoisotopic (exact) mass is 242 g/mol. The van der Waals surface area contributed by atoms with E-state index < -0.39 is 11.2 Å². The van der Waals surface area contributed by atoms with Gasteiger partial charge in [-0.3, -0.25) is 14.8 Å². The molecule has 0 aliphatic rings. The first-order chi connectivity index (χ1) is 8.63. The van der Waals surface area contributed by atoms with Crippen molar-refractivity contribution >= 4 is 11.2 Å². The highest BCUT2D eigenvalue weighted by atomic mass is 16.2. The molecule has 0 aliphatic carbocycles. The van der Waals surface area contributed by atoms with E-state index in [4.69, 9.17) is 0 Å². The molecule has 0 unspecified atom stereocenters. The Labute approximate surface area is 101 Å². The summed E-state index contributed by atoms with van der Waals surface area (Å²) in [6.07, 6.45) is 0. The van der Waals surface area contributed by atoms with E-state index in [0.29, 0.717) is 5.82 Å². The van der Waals surface area contributed by atoms with Crippen LogP contribution in [0.4, 0.5) is 0 Å². The number of aromatic nitrogens is 4. The standard InChI is InChI=1S/C12H10N4O2/c1-6-3-2-4-7(5-6)9-13-8-10(14-9)15-12(18)16-11(8)17/h2-5H,1H3,(H3,13,14,15,16,17,18). The molecule has 0 radical (unpaired) electrons. The molecule has 2 heterocycles. The molecule has 0 fully saturated rings. The molecule has 2 aromatic heterocycles. The van der Waals surface area contributed by atoms with Gasteiger partial charge in [-0.25, -0.2) is 9.78 Å². The summed E-state index contributed by atoms with van der Waals surface area (Å²) in [4.78, 5) is 34.5. The van der Waals surface area contributed by atoms with Crippen molar-refractivity contribution in [1.82, 2.24) is 19.9 Å². The third-order valence-corrected chi connectivity index (χ3v) is 2.68. The van der Waals surface area contributed by atoms with Crippen molar-refractivity contribution in [2.45, 2.75) is 6.92 Å². The molecular formula is C12H10N4O2. The van der Waals surface area contributed by atoms with Crippen molar-refractivity contribution in [2.75, 3.05) is 0 Å². The van der Waals surface area contributed by atoms with E-state index in [0.717, 1.165) is 11.1 Å². The molecule has 6 heteroatoms. The number of nitrogens with one attached hydrogen (secondary N) is 3. The van der Waals surface area contributed by atoms with Crippen molar-refractivity contribution < 1.29 is 0 Å². The van der Waals surface area contributed by atoms with Gasteiger partial charge in [-0.15, -0.1) is 0 Å². The molecule has 3 rings (SSSR count). The third kappa shape index (κ3) is 1.64. The Kier molecular flexibility index (Phi) is 2.16. The van der Waals surface area contributed by atoms with Crippen LogP contribution in [0.3, 0.4) is 0 Å². The number of hydrogen-bond acceptors (Lipinski definition) is 3. The highest BCUT2D eigenvalue weighted by molar-refractivity contribution is 5.74. The van der Waals surface area contributed by atoms with E-state index in [9.17, 15) is 9.59 Å². The molecule has 0 aliphatic heterocycles. The number of aryl methyl sites for hydroxylation is 1. The summed E-state index contributed by atoms with van der Waals surface area (Å²) >= 11 is 0. The first kappa shape index (κ1) is 10.5. The van der Waals surface area contributed by atoms with Gasteiger partial charge in [-0.2, -0.15) is 0 Å². The van der Waals surface area contributed by atoms with Crippen LogP contribution in [0.1, 0.15) is 5.56 Å². The Morgan fingerprint density at radius 3 is 2.72 bits per heavy atom. The SMILES string of the molecule is Cc1cccc(-c2nc3[nH]c(=O)[nH]c(=O)c3[nH]2)c1. The van der Waals surface area contributed by atoms with Gasteiger partial charge in [0.15, 0.2) is 5.65 Å². The lowest BCUT2D eigenvalue weighted by molar-refractivity contribution is 1.07. The molecule has 0 saturated carbocycles. The molecule has 6 nitrogen and oxygen atoms in total.